The van der Waals surface area contributed by atoms with Crippen molar-refractivity contribution in [2.24, 2.45) is 0 Å². The number of hydrogen-bond donors (Lipinski definition) is 3. The van der Waals surface area contributed by atoms with Gasteiger partial charge in [-0.3, -0.25) is 4.79 Å². The van der Waals surface area contributed by atoms with Crippen LogP contribution in [0.3, 0.4) is 0 Å². The van der Waals surface area contributed by atoms with Crippen LogP contribution >= 0.6 is 0 Å². The van der Waals surface area contributed by atoms with E-state index in [0.717, 1.165) is 0 Å². The molecule has 0 aliphatic rings. The van der Waals surface area contributed by atoms with Gasteiger partial charge in [0.05, 0.1) is 0 Å². The van der Waals surface area contributed by atoms with Crippen LogP contribution in [-0.4, -0.2) is 48.1 Å². The number of carboxylic acids is 1. The maximum Gasteiger partial charge on any atom is 0.330 e. The molecule has 0 bridgehead atoms. The van der Waals surface area contributed by atoms with E-state index in [-0.39, 0.29) is 12.5 Å². The van der Waals surface area contributed by atoms with Crippen molar-refractivity contribution < 1.29 is 19.5 Å². The predicted molar refractivity (Wildman–Crippen MR) is 76.7 cm³/mol. The third kappa shape index (κ3) is 4.79. The van der Waals surface area contributed by atoms with Gasteiger partial charge in [-0.15, -0.1) is 0 Å². The summed E-state index contributed by atoms with van der Waals surface area (Å²) in [7, 11) is 1.47. The van der Waals surface area contributed by atoms with Gasteiger partial charge in [-0.05, 0) is 12.5 Å². The van der Waals surface area contributed by atoms with Crippen molar-refractivity contribution in [1.82, 2.24) is 15.5 Å². The summed E-state index contributed by atoms with van der Waals surface area (Å²) in [5.41, 5.74) is 0.467. The molecule has 21 heavy (non-hydrogen) atoms. The van der Waals surface area contributed by atoms with Gasteiger partial charge >= 0.3 is 12.0 Å². The summed E-state index contributed by atoms with van der Waals surface area (Å²) in [5.74, 6) is -1.48. The van der Waals surface area contributed by atoms with E-state index < -0.39 is 18.0 Å². The molecule has 0 saturated heterocycles. The van der Waals surface area contributed by atoms with Crippen molar-refractivity contribution >= 4 is 17.9 Å². The first kappa shape index (κ1) is 16.5. The highest BCUT2D eigenvalue weighted by Gasteiger charge is 2.24. The van der Waals surface area contributed by atoms with E-state index >= 15 is 0 Å². The third-order valence-corrected chi connectivity index (χ3v) is 2.93. The largest absolute Gasteiger partial charge is 0.479 e. The lowest BCUT2D eigenvalue weighted by Gasteiger charge is -2.23. The monoisotopic (exact) mass is 293 g/mol. The molecule has 1 aromatic rings. The van der Waals surface area contributed by atoms with Crippen LogP contribution in [0.5, 0.6) is 0 Å². The average molecular weight is 293 g/mol. The minimum absolute atomic E-state index is 0.125. The van der Waals surface area contributed by atoms with Gasteiger partial charge in [-0.25, -0.2) is 9.59 Å². The minimum Gasteiger partial charge on any atom is -0.479 e. The maximum absolute atomic E-state index is 12.1. The summed E-state index contributed by atoms with van der Waals surface area (Å²) in [4.78, 5) is 36.0. The van der Waals surface area contributed by atoms with Crippen LogP contribution in [0.25, 0.3) is 0 Å². The number of carbonyl (C=O) groups excluding carboxylic acids is 2. The van der Waals surface area contributed by atoms with E-state index in [1.165, 1.54) is 11.9 Å². The molecule has 1 atom stereocenters. The van der Waals surface area contributed by atoms with Gasteiger partial charge in [0.2, 0.25) is 5.91 Å². The topological polar surface area (TPSA) is 98.7 Å². The highest BCUT2D eigenvalue weighted by atomic mass is 16.4. The van der Waals surface area contributed by atoms with E-state index in [1.54, 1.807) is 37.3 Å². The van der Waals surface area contributed by atoms with Crippen LogP contribution in [0, 0.1) is 0 Å². The van der Waals surface area contributed by atoms with Gasteiger partial charge in [0, 0.05) is 13.6 Å². The van der Waals surface area contributed by atoms with Gasteiger partial charge in [-0.2, -0.15) is 0 Å². The molecule has 0 radical (unpaired) electrons. The lowest BCUT2D eigenvalue weighted by molar-refractivity contribution is -0.139. The molecule has 0 fully saturated rings. The molecule has 3 amide bonds. The van der Waals surface area contributed by atoms with Crippen molar-refractivity contribution in [3.8, 4) is 0 Å². The van der Waals surface area contributed by atoms with Crippen molar-refractivity contribution in [2.45, 2.75) is 13.0 Å². The molecule has 114 valence electrons. The predicted octanol–water partition coefficient (Wildman–Crippen LogP) is 0.590. The molecule has 1 rings (SSSR count). The average Bonchev–Trinajstić information content (AvgIpc) is 2.50. The van der Waals surface area contributed by atoms with Crippen LogP contribution in [0.1, 0.15) is 18.5 Å². The van der Waals surface area contributed by atoms with E-state index in [0.29, 0.717) is 12.1 Å². The molecular formula is C14H19N3O4. The molecule has 0 aliphatic carbocycles. The molecule has 7 nitrogen and oxygen atoms in total. The third-order valence-electron chi connectivity index (χ3n) is 2.93. The molecule has 1 aromatic carbocycles. The highest BCUT2D eigenvalue weighted by molar-refractivity contribution is 5.87. The Morgan fingerprint density at radius 1 is 1.24 bits per heavy atom. The summed E-state index contributed by atoms with van der Waals surface area (Å²) in [6.45, 7) is 1.88. The zero-order valence-electron chi connectivity index (χ0n) is 12.0. The number of nitrogens with one attached hydrogen (secondary N) is 2. The fourth-order valence-electron chi connectivity index (χ4n) is 1.73. The van der Waals surface area contributed by atoms with Crippen molar-refractivity contribution in [2.75, 3.05) is 20.1 Å². The van der Waals surface area contributed by atoms with Crippen LogP contribution < -0.4 is 10.6 Å². The summed E-state index contributed by atoms with van der Waals surface area (Å²) < 4.78 is 0. The zero-order chi connectivity index (χ0) is 15.8. The first-order chi connectivity index (χ1) is 9.99. The Labute approximate surface area is 122 Å². The highest BCUT2D eigenvalue weighted by Crippen LogP contribution is 2.13. The summed E-state index contributed by atoms with van der Waals surface area (Å²) in [6.07, 6.45) is 0. The number of benzene rings is 1. The fourth-order valence-corrected chi connectivity index (χ4v) is 1.73. The van der Waals surface area contributed by atoms with Gasteiger partial charge in [0.1, 0.15) is 6.54 Å². The van der Waals surface area contributed by atoms with Gasteiger partial charge < -0.3 is 20.6 Å². The zero-order valence-corrected chi connectivity index (χ0v) is 12.0. The summed E-state index contributed by atoms with van der Waals surface area (Å²) in [6, 6.07) is 6.63. The lowest BCUT2D eigenvalue weighted by atomic mass is 10.1. The Morgan fingerprint density at radius 3 is 2.33 bits per heavy atom. The van der Waals surface area contributed by atoms with Gasteiger partial charge in [0.15, 0.2) is 6.04 Å². The molecule has 3 N–H and O–H groups in total. The standard InChI is InChI=1S/C14H19N3O4/c1-3-17(9-11(18)15-2)14(21)16-12(13(19)20)10-7-5-4-6-8-10/h4-8,12H,3,9H2,1-2H3,(H,15,18)(H,16,21)(H,19,20). The smallest absolute Gasteiger partial charge is 0.330 e. The normalized spacial score (nSPS) is 11.3. The number of likely N-dealkylation sites (N-methyl/N-ethyl adjacent to an activating group) is 2. The fraction of sp³-hybridized carbons (Fsp3) is 0.357. The molecule has 0 aromatic heterocycles. The Bertz CT molecular complexity index is 504. The van der Waals surface area contributed by atoms with Crippen LogP contribution in [-0.2, 0) is 9.59 Å². The Kier molecular flexibility index (Phi) is 6.19. The van der Waals surface area contributed by atoms with E-state index in [1.807, 2.05) is 0 Å². The SMILES string of the molecule is CCN(CC(=O)NC)C(=O)NC(C(=O)O)c1ccccc1. The van der Waals surface area contributed by atoms with Crippen LogP contribution in [0.15, 0.2) is 30.3 Å². The van der Waals surface area contributed by atoms with Crippen molar-refractivity contribution in [1.29, 1.82) is 0 Å². The maximum atomic E-state index is 12.1. The number of carbonyl (C=O) groups is 3. The first-order valence-corrected chi connectivity index (χ1v) is 6.53. The van der Waals surface area contributed by atoms with Crippen LogP contribution in [0.2, 0.25) is 0 Å². The number of hydrogen-bond acceptors (Lipinski definition) is 3. The quantitative estimate of drug-likeness (QED) is 0.715. The molecule has 0 aliphatic heterocycles. The van der Waals surface area contributed by atoms with Gasteiger partial charge in [0.25, 0.3) is 0 Å². The molecule has 0 saturated carbocycles. The number of rotatable bonds is 6. The molecule has 0 spiro atoms. The Balaban J connectivity index is 2.81. The second-order valence-electron chi connectivity index (χ2n) is 4.32. The van der Waals surface area contributed by atoms with E-state index in [2.05, 4.69) is 10.6 Å². The molecule has 0 heterocycles. The second-order valence-corrected chi connectivity index (χ2v) is 4.32. The molecule has 7 heteroatoms. The number of nitrogens with zero attached hydrogens (tertiary/aromatic N) is 1. The summed E-state index contributed by atoms with van der Waals surface area (Å²) >= 11 is 0. The molecule has 1 unspecified atom stereocenters. The summed E-state index contributed by atoms with van der Waals surface area (Å²) in [5, 5.41) is 14.1. The van der Waals surface area contributed by atoms with Crippen LogP contribution in [0.4, 0.5) is 4.79 Å². The lowest BCUT2D eigenvalue weighted by Crippen LogP contribution is -2.47. The number of aliphatic carboxylic acids is 1. The number of amides is 3. The number of carboxylic acid groups (broad SMARTS) is 1. The van der Waals surface area contributed by atoms with E-state index in [4.69, 9.17) is 0 Å². The number of urea groups is 1. The molecular weight excluding hydrogens is 274 g/mol. The van der Waals surface area contributed by atoms with Gasteiger partial charge in [-0.1, -0.05) is 30.3 Å². The van der Waals surface area contributed by atoms with E-state index in [9.17, 15) is 19.5 Å². The van der Waals surface area contributed by atoms with Crippen molar-refractivity contribution in [3.05, 3.63) is 35.9 Å². The van der Waals surface area contributed by atoms with Crippen molar-refractivity contribution in [3.63, 3.8) is 0 Å². The minimum atomic E-state index is -1.16. The second kappa shape index (κ2) is 7.88. The Hall–Kier alpha value is -2.57. The first-order valence-electron chi connectivity index (χ1n) is 6.53. The Morgan fingerprint density at radius 2 is 1.86 bits per heavy atom.